The molecule has 0 saturated carbocycles. The quantitative estimate of drug-likeness (QED) is 0.859. The molecular weight excluding hydrogens is 273 g/mol. The third-order valence-electron chi connectivity index (χ3n) is 2.69. The third-order valence-corrected chi connectivity index (χ3v) is 4.19. The van der Waals surface area contributed by atoms with Crippen LogP contribution >= 0.6 is 0 Å². The maximum Gasteiger partial charge on any atom is 0.258 e. The van der Waals surface area contributed by atoms with Crippen molar-refractivity contribution < 1.29 is 17.3 Å². The summed E-state index contributed by atoms with van der Waals surface area (Å²) in [6, 6.07) is 3.94. The molecule has 2 aromatic rings. The van der Waals surface area contributed by atoms with Crippen LogP contribution in [0.25, 0.3) is 11.5 Å². The Morgan fingerprint density at radius 1 is 1.42 bits per heavy atom. The minimum atomic E-state index is -3.31. The molecule has 0 fully saturated rings. The maximum atomic E-state index is 13.0. The van der Waals surface area contributed by atoms with Crippen molar-refractivity contribution in [3.8, 4) is 11.5 Å². The van der Waals surface area contributed by atoms with Crippen molar-refractivity contribution in [3.63, 3.8) is 0 Å². The van der Waals surface area contributed by atoms with E-state index in [0.717, 1.165) is 6.26 Å². The summed E-state index contributed by atoms with van der Waals surface area (Å²) in [5, 5.41) is 2.74. The van der Waals surface area contributed by atoms with Gasteiger partial charge in [-0.3, -0.25) is 0 Å². The Bertz CT molecular complexity index is 712. The Labute approximate surface area is 109 Å². The fraction of sp³-hybridized carbons (Fsp3) is 0.273. The molecule has 0 aliphatic heterocycles. The highest BCUT2D eigenvalue weighted by Gasteiger charge is 2.23. The van der Waals surface area contributed by atoms with Gasteiger partial charge in [-0.25, -0.2) is 12.8 Å². The summed E-state index contributed by atoms with van der Waals surface area (Å²) in [4.78, 5) is 3.98. The first-order chi connectivity index (χ1) is 8.79. The molecule has 0 amide bonds. The minimum absolute atomic E-state index is 0.0478. The summed E-state index contributed by atoms with van der Waals surface area (Å²) < 4.78 is 40.8. The van der Waals surface area contributed by atoms with Crippen LogP contribution in [0.1, 0.15) is 18.0 Å². The summed E-state index contributed by atoms with van der Waals surface area (Å²) >= 11 is 0. The fourth-order valence-corrected chi connectivity index (χ4v) is 1.86. The normalized spacial score (nSPS) is 13.4. The van der Waals surface area contributed by atoms with Crippen LogP contribution in [0.5, 0.6) is 0 Å². The highest BCUT2D eigenvalue weighted by atomic mass is 32.2. The standard InChI is InChI=1S/C11H12FN3O3S/c1-6(19(2,16)17)10-14-11(18-15-10)7-3-4-8(12)9(13)5-7/h3-6H,13H2,1-2H3. The molecule has 6 nitrogen and oxygen atoms in total. The van der Waals surface area contributed by atoms with Gasteiger partial charge in [0.05, 0.1) is 5.69 Å². The lowest BCUT2D eigenvalue weighted by atomic mass is 10.2. The predicted octanol–water partition coefficient (Wildman–Crippen LogP) is 1.56. The van der Waals surface area contributed by atoms with E-state index in [-0.39, 0.29) is 17.4 Å². The van der Waals surface area contributed by atoms with E-state index < -0.39 is 20.9 Å². The first-order valence-electron chi connectivity index (χ1n) is 5.37. The van der Waals surface area contributed by atoms with Crippen molar-refractivity contribution in [2.45, 2.75) is 12.2 Å². The average Bonchev–Trinajstić information content (AvgIpc) is 2.79. The van der Waals surface area contributed by atoms with E-state index in [1.54, 1.807) is 0 Å². The lowest BCUT2D eigenvalue weighted by Crippen LogP contribution is -2.09. The van der Waals surface area contributed by atoms with Crippen LogP contribution < -0.4 is 5.73 Å². The van der Waals surface area contributed by atoms with Crippen molar-refractivity contribution in [1.29, 1.82) is 0 Å². The Morgan fingerprint density at radius 2 is 2.11 bits per heavy atom. The van der Waals surface area contributed by atoms with E-state index in [2.05, 4.69) is 10.1 Å². The second-order valence-electron chi connectivity index (χ2n) is 4.17. The molecule has 19 heavy (non-hydrogen) atoms. The lowest BCUT2D eigenvalue weighted by Gasteiger charge is -2.01. The highest BCUT2D eigenvalue weighted by molar-refractivity contribution is 7.90. The third kappa shape index (κ3) is 2.73. The largest absolute Gasteiger partial charge is 0.396 e. The van der Waals surface area contributed by atoms with Gasteiger partial charge in [-0.15, -0.1) is 0 Å². The van der Waals surface area contributed by atoms with Gasteiger partial charge in [0.2, 0.25) is 0 Å². The van der Waals surface area contributed by atoms with Gasteiger partial charge in [-0.2, -0.15) is 4.98 Å². The first kappa shape index (κ1) is 13.5. The molecule has 1 aromatic heterocycles. The van der Waals surface area contributed by atoms with Crippen LogP contribution in [0.4, 0.5) is 10.1 Å². The zero-order chi connectivity index (χ0) is 14.2. The number of hydrogen-bond acceptors (Lipinski definition) is 6. The second-order valence-corrected chi connectivity index (χ2v) is 6.53. The smallest absolute Gasteiger partial charge is 0.258 e. The molecule has 0 bridgehead atoms. The molecule has 1 heterocycles. The molecule has 1 unspecified atom stereocenters. The topological polar surface area (TPSA) is 99.1 Å². The fourth-order valence-electron chi connectivity index (χ4n) is 1.39. The zero-order valence-electron chi connectivity index (χ0n) is 10.3. The molecule has 0 spiro atoms. The molecule has 0 saturated heterocycles. The van der Waals surface area contributed by atoms with Crippen LogP contribution in [0.3, 0.4) is 0 Å². The number of hydrogen-bond donors (Lipinski definition) is 1. The number of halogens is 1. The number of sulfone groups is 1. The van der Waals surface area contributed by atoms with Crippen LogP contribution in [-0.2, 0) is 9.84 Å². The first-order valence-corrected chi connectivity index (χ1v) is 7.32. The van der Waals surface area contributed by atoms with Gasteiger partial charge >= 0.3 is 0 Å². The van der Waals surface area contributed by atoms with Crippen LogP contribution in [0.15, 0.2) is 22.7 Å². The molecule has 1 aromatic carbocycles. The molecule has 102 valence electrons. The molecule has 0 aliphatic rings. The van der Waals surface area contributed by atoms with Crippen LogP contribution in [0, 0.1) is 5.82 Å². The molecule has 0 aliphatic carbocycles. The monoisotopic (exact) mass is 285 g/mol. The van der Waals surface area contributed by atoms with Crippen LogP contribution in [0.2, 0.25) is 0 Å². The summed E-state index contributed by atoms with van der Waals surface area (Å²) in [6.07, 6.45) is 1.09. The van der Waals surface area contributed by atoms with Crippen molar-refractivity contribution in [1.82, 2.24) is 10.1 Å². The van der Waals surface area contributed by atoms with E-state index in [1.165, 1.54) is 25.1 Å². The van der Waals surface area contributed by atoms with Gasteiger partial charge in [0.15, 0.2) is 15.7 Å². The van der Waals surface area contributed by atoms with Gasteiger partial charge in [-0.1, -0.05) is 5.16 Å². The van der Waals surface area contributed by atoms with Crippen LogP contribution in [-0.4, -0.2) is 24.8 Å². The molecule has 2 rings (SSSR count). The van der Waals surface area contributed by atoms with E-state index in [9.17, 15) is 12.8 Å². The highest BCUT2D eigenvalue weighted by Crippen LogP contribution is 2.25. The summed E-state index contributed by atoms with van der Waals surface area (Å²) in [7, 11) is -3.31. The number of aromatic nitrogens is 2. The second kappa shape index (κ2) is 4.61. The predicted molar refractivity (Wildman–Crippen MR) is 67.4 cm³/mol. The van der Waals surface area contributed by atoms with E-state index in [0.29, 0.717) is 5.56 Å². The SMILES string of the molecule is CC(c1noc(-c2ccc(F)c(N)c2)n1)S(C)(=O)=O. The Kier molecular flexibility index (Phi) is 3.27. The van der Waals surface area contributed by atoms with Crippen molar-refractivity contribution >= 4 is 15.5 Å². The van der Waals surface area contributed by atoms with Gasteiger partial charge < -0.3 is 10.3 Å². The average molecular weight is 285 g/mol. The molecule has 0 radical (unpaired) electrons. The summed E-state index contributed by atoms with van der Waals surface area (Å²) in [5.74, 6) is -0.398. The Morgan fingerprint density at radius 3 is 2.68 bits per heavy atom. The zero-order valence-corrected chi connectivity index (χ0v) is 11.1. The molecule has 2 N–H and O–H groups in total. The number of benzene rings is 1. The number of nitrogen functional groups attached to an aromatic ring is 1. The number of rotatable bonds is 3. The van der Waals surface area contributed by atoms with Crippen molar-refractivity contribution in [2.75, 3.05) is 12.0 Å². The lowest BCUT2D eigenvalue weighted by molar-refractivity contribution is 0.421. The maximum absolute atomic E-state index is 13.0. The van der Waals surface area contributed by atoms with E-state index in [1.807, 2.05) is 0 Å². The van der Waals surface area contributed by atoms with Gasteiger partial charge in [0.25, 0.3) is 5.89 Å². The number of nitrogens with zero attached hydrogens (tertiary/aromatic N) is 2. The van der Waals surface area contributed by atoms with Gasteiger partial charge in [0, 0.05) is 11.8 Å². The number of anilines is 1. The Hall–Kier alpha value is -1.96. The summed E-state index contributed by atoms with van der Waals surface area (Å²) in [6.45, 7) is 1.46. The molecular formula is C11H12FN3O3S. The minimum Gasteiger partial charge on any atom is -0.396 e. The van der Waals surface area contributed by atoms with Gasteiger partial charge in [-0.05, 0) is 25.1 Å². The van der Waals surface area contributed by atoms with E-state index in [4.69, 9.17) is 10.3 Å². The molecule has 8 heteroatoms. The van der Waals surface area contributed by atoms with Crippen molar-refractivity contribution in [3.05, 3.63) is 29.8 Å². The van der Waals surface area contributed by atoms with E-state index >= 15 is 0 Å². The Balaban J connectivity index is 2.38. The summed E-state index contributed by atoms with van der Waals surface area (Å²) in [5.41, 5.74) is 5.81. The van der Waals surface area contributed by atoms with Gasteiger partial charge in [0.1, 0.15) is 11.1 Å². The number of nitrogens with two attached hydrogens (primary N) is 1. The molecule has 1 atom stereocenters. The van der Waals surface area contributed by atoms with Crippen molar-refractivity contribution in [2.24, 2.45) is 0 Å².